The highest BCUT2D eigenvalue weighted by Gasteiger charge is 2.38. The average molecular weight is 252 g/mol. The van der Waals surface area contributed by atoms with E-state index in [0.29, 0.717) is 0 Å². The SMILES string of the molecule is CCC(CC)CN1CC(C2CC2)NCC1C(C)C. The first-order valence-corrected chi connectivity index (χ1v) is 8.13. The molecule has 1 heterocycles. The maximum Gasteiger partial charge on any atom is 0.0244 e. The Bertz CT molecular complexity index is 241. The molecule has 1 aliphatic heterocycles. The van der Waals surface area contributed by atoms with E-state index in [2.05, 4.69) is 37.9 Å². The molecular formula is C16H32N2. The molecule has 0 spiro atoms. The van der Waals surface area contributed by atoms with Gasteiger partial charge in [0.15, 0.2) is 0 Å². The van der Waals surface area contributed by atoms with Crippen LogP contribution in [-0.2, 0) is 0 Å². The van der Waals surface area contributed by atoms with Crippen LogP contribution in [0.1, 0.15) is 53.4 Å². The molecule has 106 valence electrons. The molecule has 2 unspecified atom stereocenters. The van der Waals surface area contributed by atoms with Crippen molar-refractivity contribution in [1.82, 2.24) is 10.2 Å². The minimum Gasteiger partial charge on any atom is -0.311 e. The lowest BCUT2D eigenvalue weighted by molar-refractivity contribution is 0.0745. The summed E-state index contributed by atoms with van der Waals surface area (Å²) in [7, 11) is 0. The van der Waals surface area contributed by atoms with Gasteiger partial charge in [0, 0.05) is 31.7 Å². The van der Waals surface area contributed by atoms with Crippen molar-refractivity contribution in [3.05, 3.63) is 0 Å². The first-order chi connectivity index (χ1) is 8.65. The molecule has 1 aliphatic carbocycles. The summed E-state index contributed by atoms with van der Waals surface area (Å²) in [6.07, 6.45) is 5.59. The van der Waals surface area contributed by atoms with Crippen LogP contribution in [0, 0.1) is 17.8 Å². The Morgan fingerprint density at radius 1 is 1.17 bits per heavy atom. The van der Waals surface area contributed by atoms with Crippen molar-refractivity contribution in [1.29, 1.82) is 0 Å². The minimum atomic E-state index is 0.751. The third kappa shape index (κ3) is 3.48. The smallest absolute Gasteiger partial charge is 0.0244 e. The standard InChI is InChI=1S/C16H32N2/c1-5-13(6-2)10-18-11-15(14-7-8-14)17-9-16(18)12(3)4/h12-17H,5-11H2,1-4H3. The maximum atomic E-state index is 3.81. The quantitative estimate of drug-likeness (QED) is 0.781. The van der Waals surface area contributed by atoms with E-state index in [9.17, 15) is 0 Å². The molecule has 0 amide bonds. The van der Waals surface area contributed by atoms with E-state index >= 15 is 0 Å². The molecule has 2 nitrogen and oxygen atoms in total. The third-order valence-electron chi connectivity index (χ3n) is 5.10. The summed E-state index contributed by atoms with van der Waals surface area (Å²) >= 11 is 0. The summed E-state index contributed by atoms with van der Waals surface area (Å²) in [5, 5.41) is 3.81. The van der Waals surface area contributed by atoms with E-state index in [4.69, 9.17) is 0 Å². The predicted octanol–water partition coefficient (Wildman–Crippen LogP) is 3.13. The average Bonchev–Trinajstić information content (AvgIpc) is 3.19. The Hall–Kier alpha value is -0.0800. The summed E-state index contributed by atoms with van der Waals surface area (Å²) in [6.45, 7) is 13.3. The molecule has 2 aliphatic rings. The molecule has 1 saturated heterocycles. The number of hydrogen-bond acceptors (Lipinski definition) is 2. The highest BCUT2D eigenvalue weighted by molar-refractivity contribution is 4.95. The van der Waals surface area contributed by atoms with E-state index in [-0.39, 0.29) is 0 Å². The van der Waals surface area contributed by atoms with Gasteiger partial charge < -0.3 is 5.32 Å². The summed E-state index contributed by atoms with van der Waals surface area (Å²) in [4.78, 5) is 2.81. The molecule has 2 rings (SSSR count). The van der Waals surface area contributed by atoms with Crippen LogP contribution < -0.4 is 5.32 Å². The largest absolute Gasteiger partial charge is 0.311 e. The van der Waals surface area contributed by atoms with Crippen molar-refractivity contribution in [2.45, 2.75) is 65.5 Å². The lowest BCUT2D eigenvalue weighted by Crippen LogP contribution is -2.59. The van der Waals surface area contributed by atoms with Gasteiger partial charge in [0.1, 0.15) is 0 Å². The predicted molar refractivity (Wildman–Crippen MR) is 78.8 cm³/mol. The summed E-state index contributed by atoms with van der Waals surface area (Å²) in [5.41, 5.74) is 0. The second-order valence-electron chi connectivity index (χ2n) is 6.80. The van der Waals surface area contributed by atoms with Crippen LogP contribution in [0.5, 0.6) is 0 Å². The molecule has 0 aromatic carbocycles. The number of hydrogen-bond donors (Lipinski definition) is 1. The Labute approximate surface area is 114 Å². The van der Waals surface area contributed by atoms with E-state index < -0.39 is 0 Å². The van der Waals surface area contributed by atoms with E-state index in [0.717, 1.165) is 29.8 Å². The van der Waals surface area contributed by atoms with Gasteiger partial charge in [0.2, 0.25) is 0 Å². The Morgan fingerprint density at radius 2 is 1.83 bits per heavy atom. The number of nitrogens with zero attached hydrogens (tertiary/aromatic N) is 1. The Morgan fingerprint density at radius 3 is 2.33 bits per heavy atom. The molecule has 2 atom stereocenters. The summed E-state index contributed by atoms with van der Waals surface area (Å²) in [6, 6.07) is 1.54. The van der Waals surface area contributed by atoms with Crippen molar-refractivity contribution in [2.24, 2.45) is 17.8 Å². The first-order valence-electron chi connectivity index (χ1n) is 8.13. The molecular weight excluding hydrogens is 220 g/mol. The zero-order valence-electron chi connectivity index (χ0n) is 12.8. The summed E-state index contributed by atoms with van der Waals surface area (Å²) in [5.74, 6) is 2.65. The molecule has 18 heavy (non-hydrogen) atoms. The van der Waals surface area contributed by atoms with Crippen LogP contribution in [0.2, 0.25) is 0 Å². The van der Waals surface area contributed by atoms with Gasteiger partial charge in [-0.3, -0.25) is 4.90 Å². The van der Waals surface area contributed by atoms with Crippen molar-refractivity contribution >= 4 is 0 Å². The summed E-state index contributed by atoms with van der Waals surface area (Å²) < 4.78 is 0. The fourth-order valence-corrected chi connectivity index (χ4v) is 3.41. The highest BCUT2D eigenvalue weighted by atomic mass is 15.2. The van der Waals surface area contributed by atoms with Gasteiger partial charge in [-0.1, -0.05) is 40.5 Å². The molecule has 0 bridgehead atoms. The lowest BCUT2D eigenvalue weighted by atomic mass is 9.94. The third-order valence-corrected chi connectivity index (χ3v) is 5.10. The minimum absolute atomic E-state index is 0.751. The van der Waals surface area contributed by atoms with Crippen molar-refractivity contribution < 1.29 is 0 Å². The van der Waals surface area contributed by atoms with E-state index in [1.807, 2.05) is 0 Å². The van der Waals surface area contributed by atoms with Crippen LogP contribution in [0.25, 0.3) is 0 Å². The fraction of sp³-hybridized carbons (Fsp3) is 1.00. The molecule has 0 aromatic heterocycles. The molecule has 0 aromatic rings. The lowest BCUT2D eigenvalue weighted by Gasteiger charge is -2.44. The van der Waals surface area contributed by atoms with Gasteiger partial charge in [-0.15, -0.1) is 0 Å². The molecule has 1 saturated carbocycles. The maximum absolute atomic E-state index is 3.81. The topological polar surface area (TPSA) is 15.3 Å². The van der Waals surface area contributed by atoms with Gasteiger partial charge >= 0.3 is 0 Å². The molecule has 2 fully saturated rings. The van der Waals surface area contributed by atoms with Crippen molar-refractivity contribution in [3.63, 3.8) is 0 Å². The van der Waals surface area contributed by atoms with Crippen molar-refractivity contribution in [3.8, 4) is 0 Å². The second kappa shape index (κ2) is 6.38. The fourth-order valence-electron chi connectivity index (χ4n) is 3.41. The van der Waals surface area contributed by atoms with Gasteiger partial charge in [0.25, 0.3) is 0 Å². The molecule has 2 heteroatoms. The van der Waals surface area contributed by atoms with Crippen LogP contribution in [0.15, 0.2) is 0 Å². The van der Waals surface area contributed by atoms with Gasteiger partial charge in [-0.25, -0.2) is 0 Å². The molecule has 1 N–H and O–H groups in total. The first kappa shape index (κ1) is 14.3. The Balaban J connectivity index is 1.94. The monoisotopic (exact) mass is 252 g/mol. The van der Waals surface area contributed by atoms with Crippen LogP contribution in [0.4, 0.5) is 0 Å². The van der Waals surface area contributed by atoms with Crippen molar-refractivity contribution in [2.75, 3.05) is 19.6 Å². The normalized spacial score (nSPS) is 30.3. The Kier molecular flexibility index (Phi) is 5.08. The highest BCUT2D eigenvalue weighted by Crippen LogP contribution is 2.35. The second-order valence-corrected chi connectivity index (χ2v) is 6.80. The van der Waals surface area contributed by atoms with Crippen LogP contribution in [0.3, 0.4) is 0 Å². The van der Waals surface area contributed by atoms with E-state index in [1.165, 1.54) is 45.3 Å². The van der Waals surface area contributed by atoms with Crippen LogP contribution >= 0.6 is 0 Å². The molecule has 0 radical (unpaired) electrons. The zero-order valence-corrected chi connectivity index (χ0v) is 12.8. The van der Waals surface area contributed by atoms with Gasteiger partial charge in [0.05, 0.1) is 0 Å². The van der Waals surface area contributed by atoms with Gasteiger partial charge in [-0.2, -0.15) is 0 Å². The number of rotatable bonds is 6. The van der Waals surface area contributed by atoms with Crippen LogP contribution in [-0.4, -0.2) is 36.6 Å². The van der Waals surface area contributed by atoms with E-state index in [1.54, 1.807) is 0 Å². The number of piperazine rings is 1. The number of nitrogens with one attached hydrogen (secondary N) is 1. The van der Waals surface area contributed by atoms with Gasteiger partial charge in [-0.05, 0) is 30.6 Å². The zero-order chi connectivity index (χ0) is 13.1.